The van der Waals surface area contributed by atoms with Crippen LogP contribution in [0.15, 0.2) is 64.4 Å². The maximum absolute atomic E-state index is 14.2. The van der Waals surface area contributed by atoms with Crippen LogP contribution in [0.4, 0.5) is 36.4 Å². The molecule has 0 bridgehead atoms. The molecule has 1 unspecified atom stereocenters. The van der Waals surface area contributed by atoms with Gasteiger partial charge in [0.1, 0.15) is 0 Å². The minimum atomic E-state index is -3.36. The third kappa shape index (κ3) is 5.31. The van der Waals surface area contributed by atoms with Crippen LogP contribution >= 0.6 is 0 Å². The number of aryl methyl sites for hydroxylation is 1. The van der Waals surface area contributed by atoms with E-state index in [2.05, 4.69) is 15.3 Å². The largest absolute Gasteiger partial charge is 0.378 e. The number of pyridine rings is 2. The molecule has 3 heterocycles. The molecule has 44 heavy (non-hydrogen) atoms. The van der Waals surface area contributed by atoms with Gasteiger partial charge in [-0.25, -0.2) is 36.5 Å². The molecule has 14 heteroatoms. The SMILES string of the molecule is Cc1cc(C(C)Nc2ccc(F)c(F)c2C(F)F)c2cc(-c3cnc(-c4ccc(F)c(=O)n4C(F)F)nc3)n(C)c(=O)c2c1. The molecule has 0 aliphatic rings. The molecule has 0 saturated carbocycles. The Kier molecular flexibility index (Phi) is 8.02. The quantitative estimate of drug-likeness (QED) is 0.198. The van der Waals surface area contributed by atoms with E-state index in [0.29, 0.717) is 16.5 Å². The Hall–Kier alpha value is -5.01. The Morgan fingerprint density at radius 2 is 1.48 bits per heavy atom. The van der Waals surface area contributed by atoms with Crippen LogP contribution in [0.5, 0.6) is 0 Å². The average Bonchev–Trinajstić information content (AvgIpc) is 2.97. The number of nitrogens with zero attached hydrogens (tertiary/aromatic N) is 4. The summed E-state index contributed by atoms with van der Waals surface area (Å²) < 4.78 is 97.2. The van der Waals surface area contributed by atoms with E-state index >= 15 is 0 Å². The number of nitrogens with one attached hydrogen (secondary N) is 1. The van der Waals surface area contributed by atoms with Gasteiger partial charge < -0.3 is 9.88 Å². The summed E-state index contributed by atoms with van der Waals surface area (Å²) in [5.41, 5.74) is -2.15. The summed E-state index contributed by atoms with van der Waals surface area (Å²) in [7, 11) is 1.49. The monoisotopic (exact) mass is 617 g/mol. The van der Waals surface area contributed by atoms with E-state index in [9.17, 15) is 40.3 Å². The number of benzene rings is 2. The van der Waals surface area contributed by atoms with Crippen LogP contribution in [0.25, 0.3) is 33.5 Å². The number of anilines is 1. The molecule has 0 spiro atoms. The van der Waals surface area contributed by atoms with Crippen molar-refractivity contribution in [1.82, 2.24) is 19.1 Å². The van der Waals surface area contributed by atoms with Crippen LogP contribution in [0.3, 0.4) is 0 Å². The van der Waals surface area contributed by atoms with Gasteiger partial charge >= 0.3 is 6.55 Å². The van der Waals surface area contributed by atoms with Crippen molar-refractivity contribution in [2.75, 3.05) is 5.32 Å². The summed E-state index contributed by atoms with van der Waals surface area (Å²) in [6.07, 6.45) is -0.835. The standard InChI is InChI=1S/C30H22F7N5O2/c1-13-8-16(14(2)40-21-6-4-19(31)25(33)24(21)26(34)35)17-10-23(41(3)28(43)18(17)9-13)15-11-38-27(39-12-15)22-7-5-20(32)29(44)42(22)30(36)37/h4-12,14,26,30,40H,1-3H3. The van der Waals surface area contributed by atoms with Crippen LogP contribution in [-0.4, -0.2) is 19.1 Å². The zero-order valence-electron chi connectivity index (χ0n) is 23.2. The number of hydrogen-bond donors (Lipinski definition) is 1. The van der Waals surface area contributed by atoms with E-state index in [0.717, 1.165) is 24.3 Å². The molecule has 0 aliphatic heterocycles. The van der Waals surface area contributed by atoms with Gasteiger partial charge in [0.25, 0.3) is 17.5 Å². The van der Waals surface area contributed by atoms with Crippen molar-refractivity contribution in [2.24, 2.45) is 7.05 Å². The number of alkyl halides is 4. The van der Waals surface area contributed by atoms with Crippen molar-refractivity contribution < 1.29 is 30.7 Å². The highest BCUT2D eigenvalue weighted by Gasteiger charge is 2.24. The van der Waals surface area contributed by atoms with E-state index in [1.54, 1.807) is 32.0 Å². The predicted octanol–water partition coefficient (Wildman–Crippen LogP) is 7.06. The first kappa shape index (κ1) is 30.4. The molecule has 1 atom stereocenters. The molecule has 5 rings (SSSR count). The molecule has 7 nitrogen and oxygen atoms in total. The minimum Gasteiger partial charge on any atom is -0.378 e. The van der Waals surface area contributed by atoms with Gasteiger partial charge in [0.15, 0.2) is 23.3 Å². The van der Waals surface area contributed by atoms with E-state index < -0.39 is 58.8 Å². The van der Waals surface area contributed by atoms with Crippen molar-refractivity contribution in [3.8, 4) is 22.8 Å². The van der Waals surface area contributed by atoms with Gasteiger partial charge in [-0.15, -0.1) is 0 Å². The highest BCUT2D eigenvalue weighted by Crippen LogP contribution is 2.35. The summed E-state index contributed by atoms with van der Waals surface area (Å²) in [6.45, 7) is -0.0320. The Morgan fingerprint density at radius 3 is 2.11 bits per heavy atom. The lowest BCUT2D eigenvalue weighted by atomic mass is 9.96. The summed E-state index contributed by atoms with van der Waals surface area (Å²) in [6, 6.07) is 7.60. The molecular weight excluding hydrogens is 595 g/mol. The zero-order valence-corrected chi connectivity index (χ0v) is 23.2. The summed E-state index contributed by atoms with van der Waals surface area (Å²) in [5.74, 6) is -4.76. The Balaban J connectivity index is 1.61. The molecule has 3 aromatic heterocycles. The number of rotatable bonds is 7. The molecule has 0 amide bonds. The fourth-order valence-corrected chi connectivity index (χ4v) is 5.04. The first-order valence-corrected chi connectivity index (χ1v) is 13.0. The lowest BCUT2D eigenvalue weighted by molar-refractivity contribution is 0.0667. The second-order valence-corrected chi connectivity index (χ2v) is 10.0. The second kappa shape index (κ2) is 11.6. The first-order valence-electron chi connectivity index (χ1n) is 13.0. The van der Waals surface area contributed by atoms with E-state index in [1.807, 2.05) is 0 Å². The normalized spacial score (nSPS) is 12.4. The average molecular weight is 618 g/mol. The maximum Gasteiger partial charge on any atom is 0.322 e. The molecule has 228 valence electrons. The molecule has 0 saturated heterocycles. The molecule has 5 aromatic rings. The number of fused-ring (bicyclic) bond motifs is 1. The van der Waals surface area contributed by atoms with Gasteiger partial charge in [-0.05, 0) is 66.8 Å². The molecule has 0 aliphatic carbocycles. The summed E-state index contributed by atoms with van der Waals surface area (Å²) >= 11 is 0. The Bertz CT molecular complexity index is 2030. The molecular formula is C30H22F7N5O2. The molecule has 0 radical (unpaired) electrons. The van der Waals surface area contributed by atoms with Crippen molar-refractivity contribution >= 4 is 16.5 Å². The molecule has 1 N–H and O–H groups in total. The van der Waals surface area contributed by atoms with Gasteiger partial charge in [0, 0.05) is 42.1 Å². The Morgan fingerprint density at radius 1 is 0.818 bits per heavy atom. The first-order chi connectivity index (χ1) is 20.8. The number of hydrogen-bond acceptors (Lipinski definition) is 5. The van der Waals surface area contributed by atoms with Crippen LogP contribution in [0.2, 0.25) is 0 Å². The van der Waals surface area contributed by atoms with Gasteiger partial charge in [-0.1, -0.05) is 6.07 Å². The third-order valence-corrected chi connectivity index (χ3v) is 7.17. The Labute approximate surface area is 244 Å². The highest BCUT2D eigenvalue weighted by atomic mass is 19.3. The molecule has 0 fully saturated rings. The van der Waals surface area contributed by atoms with Crippen LogP contribution in [0, 0.1) is 24.4 Å². The lowest BCUT2D eigenvalue weighted by Gasteiger charge is -2.22. The smallest absolute Gasteiger partial charge is 0.322 e. The second-order valence-electron chi connectivity index (χ2n) is 10.0. The fraction of sp³-hybridized carbons (Fsp3) is 0.200. The predicted molar refractivity (Wildman–Crippen MR) is 149 cm³/mol. The van der Waals surface area contributed by atoms with Crippen LogP contribution in [-0.2, 0) is 7.05 Å². The topological polar surface area (TPSA) is 81.8 Å². The van der Waals surface area contributed by atoms with Crippen molar-refractivity contribution in [2.45, 2.75) is 32.9 Å². The fourth-order valence-electron chi connectivity index (χ4n) is 5.04. The zero-order chi connectivity index (χ0) is 32.0. The van der Waals surface area contributed by atoms with E-state index in [4.69, 9.17) is 0 Å². The summed E-state index contributed by atoms with van der Waals surface area (Å²) in [4.78, 5) is 33.5. The van der Waals surface area contributed by atoms with Crippen molar-refractivity contribution in [1.29, 1.82) is 0 Å². The molecule has 2 aromatic carbocycles. The van der Waals surface area contributed by atoms with Gasteiger partial charge in [0.2, 0.25) is 0 Å². The number of halogens is 7. The van der Waals surface area contributed by atoms with Gasteiger partial charge in [-0.2, -0.15) is 8.78 Å². The number of aromatic nitrogens is 4. The van der Waals surface area contributed by atoms with Gasteiger partial charge in [-0.3, -0.25) is 9.59 Å². The van der Waals surface area contributed by atoms with Crippen LogP contribution < -0.4 is 16.4 Å². The van der Waals surface area contributed by atoms with Crippen LogP contribution in [0.1, 0.15) is 42.6 Å². The van der Waals surface area contributed by atoms with Gasteiger partial charge in [0.05, 0.1) is 17.0 Å². The maximum atomic E-state index is 14.2. The summed E-state index contributed by atoms with van der Waals surface area (Å²) in [5, 5.41) is 3.49. The van der Waals surface area contributed by atoms with E-state index in [-0.39, 0.29) is 32.7 Å². The highest BCUT2D eigenvalue weighted by molar-refractivity contribution is 5.89. The van der Waals surface area contributed by atoms with Crippen molar-refractivity contribution in [3.05, 3.63) is 110 Å². The van der Waals surface area contributed by atoms with E-state index in [1.165, 1.54) is 24.0 Å². The minimum absolute atomic E-state index is 0.0778. The van der Waals surface area contributed by atoms with Crippen molar-refractivity contribution in [3.63, 3.8) is 0 Å². The lowest BCUT2D eigenvalue weighted by Crippen LogP contribution is -2.25. The third-order valence-electron chi connectivity index (χ3n) is 7.17.